The Morgan fingerprint density at radius 2 is 1.83 bits per heavy atom. The van der Waals surface area contributed by atoms with Crippen molar-refractivity contribution in [3.63, 3.8) is 0 Å². The molecule has 0 aliphatic heterocycles. The minimum Gasteiger partial charge on any atom is -0.488 e. The van der Waals surface area contributed by atoms with Crippen molar-refractivity contribution in [2.45, 2.75) is 6.61 Å². The highest BCUT2D eigenvalue weighted by atomic mass is 79.9. The standard InChI is InChI=1S/C23H16BrClN2O2/c24-19-13-17(10-11-22(19)29-15-16-6-2-1-3-7-16)12-18(14-26)23(28)27-21-9-5-4-8-20(21)25/h1-13H,15H2,(H,27,28)/b18-12+. The van der Waals surface area contributed by atoms with Gasteiger partial charge in [-0.3, -0.25) is 4.79 Å². The Labute approximate surface area is 182 Å². The third kappa shape index (κ3) is 5.71. The van der Waals surface area contributed by atoms with E-state index in [4.69, 9.17) is 16.3 Å². The molecule has 0 saturated carbocycles. The molecule has 0 aliphatic rings. The first-order valence-electron chi connectivity index (χ1n) is 8.71. The number of carbonyl (C=O) groups excluding carboxylic acids is 1. The molecule has 0 aliphatic carbocycles. The van der Waals surface area contributed by atoms with Crippen LogP contribution in [0, 0.1) is 11.3 Å². The molecular formula is C23H16BrClN2O2. The molecular weight excluding hydrogens is 452 g/mol. The Morgan fingerprint density at radius 1 is 1.10 bits per heavy atom. The summed E-state index contributed by atoms with van der Waals surface area (Å²) in [6.07, 6.45) is 1.51. The number of hydrogen-bond donors (Lipinski definition) is 1. The number of ether oxygens (including phenoxy) is 1. The van der Waals surface area contributed by atoms with Crippen LogP contribution < -0.4 is 10.1 Å². The number of nitrogens with zero attached hydrogens (tertiary/aromatic N) is 1. The van der Waals surface area contributed by atoms with Crippen molar-refractivity contribution in [1.29, 1.82) is 5.26 Å². The summed E-state index contributed by atoms with van der Waals surface area (Å²) >= 11 is 9.53. The van der Waals surface area contributed by atoms with Crippen LogP contribution in [0.3, 0.4) is 0 Å². The minimum atomic E-state index is -0.527. The minimum absolute atomic E-state index is 0.0326. The predicted octanol–water partition coefficient (Wildman–Crippen LogP) is 6.23. The van der Waals surface area contributed by atoms with Crippen LogP contribution in [-0.4, -0.2) is 5.91 Å². The lowest BCUT2D eigenvalue weighted by molar-refractivity contribution is -0.112. The number of nitrogens with one attached hydrogen (secondary N) is 1. The van der Waals surface area contributed by atoms with Crippen molar-refractivity contribution in [3.05, 3.63) is 99.0 Å². The average Bonchev–Trinajstić information content (AvgIpc) is 2.73. The van der Waals surface area contributed by atoms with Crippen LogP contribution in [0.15, 0.2) is 82.8 Å². The Hall–Kier alpha value is -3.07. The van der Waals surface area contributed by atoms with Gasteiger partial charge in [0.15, 0.2) is 0 Å². The molecule has 144 valence electrons. The smallest absolute Gasteiger partial charge is 0.266 e. The van der Waals surface area contributed by atoms with Gasteiger partial charge in [-0.1, -0.05) is 60.1 Å². The van der Waals surface area contributed by atoms with E-state index in [-0.39, 0.29) is 5.57 Å². The van der Waals surface area contributed by atoms with Crippen molar-refractivity contribution < 1.29 is 9.53 Å². The first-order chi connectivity index (χ1) is 14.1. The van der Waals surface area contributed by atoms with Crippen LogP contribution in [0.4, 0.5) is 5.69 Å². The zero-order valence-electron chi connectivity index (χ0n) is 15.2. The maximum Gasteiger partial charge on any atom is 0.266 e. The highest BCUT2D eigenvalue weighted by Gasteiger charge is 2.12. The number of nitriles is 1. The van der Waals surface area contributed by atoms with Gasteiger partial charge in [-0.2, -0.15) is 5.26 Å². The van der Waals surface area contributed by atoms with Gasteiger partial charge in [0.2, 0.25) is 0 Å². The molecule has 0 saturated heterocycles. The van der Waals surface area contributed by atoms with Gasteiger partial charge >= 0.3 is 0 Å². The van der Waals surface area contributed by atoms with Crippen molar-refractivity contribution in [2.24, 2.45) is 0 Å². The second-order valence-corrected chi connectivity index (χ2v) is 7.33. The molecule has 6 heteroatoms. The highest BCUT2D eigenvalue weighted by molar-refractivity contribution is 9.10. The van der Waals surface area contributed by atoms with Crippen LogP contribution in [0.25, 0.3) is 6.08 Å². The topological polar surface area (TPSA) is 62.1 Å². The number of halogens is 2. The van der Waals surface area contributed by atoms with Crippen molar-refractivity contribution in [3.8, 4) is 11.8 Å². The largest absolute Gasteiger partial charge is 0.488 e. The zero-order chi connectivity index (χ0) is 20.6. The average molecular weight is 468 g/mol. The second kappa shape index (κ2) is 9.92. The van der Waals surface area contributed by atoms with Gasteiger partial charge in [-0.25, -0.2) is 0 Å². The molecule has 0 unspecified atom stereocenters. The lowest BCUT2D eigenvalue weighted by Crippen LogP contribution is -2.13. The van der Waals surface area contributed by atoms with E-state index in [2.05, 4.69) is 21.2 Å². The van der Waals surface area contributed by atoms with Gasteiger partial charge in [0, 0.05) is 0 Å². The summed E-state index contributed by atoms with van der Waals surface area (Å²) in [4.78, 5) is 12.4. The lowest BCUT2D eigenvalue weighted by atomic mass is 10.1. The third-order valence-electron chi connectivity index (χ3n) is 3.99. The van der Waals surface area contributed by atoms with Gasteiger partial charge in [0.05, 0.1) is 15.2 Å². The van der Waals surface area contributed by atoms with E-state index in [1.54, 1.807) is 42.5 Å². The number of amides is 1. The maximum atomic E-state index is 12.4. The maximum absolute atomic E-state index is 12.4. The Kier molecular flexibility index (Phi) is 7.07. The highest BCUT2D eigenvalue weighted by Crippen LogP contribution is 2.28. The molecule has 1 amide bonds. The Bertz CT molecular complexity index is 1090. The van der Waals surface area contributed by atoms with E-state index in [0.29, 0.717) is 28.6 Å². The quantitative estimate of drug-likeness (QED) is 0.345. The lowest BCUT2D eigenvalue weighted by Gasteiger charge is -2.09. The van der Waals surface area contributed by atoms with Crippen molar-refractivity contribution in [2.75, 3.05) is 5.32 Å². The monoisotopic (exact) mass is 466 g/mol. The van der Waals surface area contributed by atoms with Gasteiger partial charge in [0.1, 0.15) is 24.0 Å². The Balaban J connectivity index is 1.72. The second-order valence-electron chi connectivity index (χ2n) is 6.07. The van der Waals surface area contributed by atoms with E-state index < -0.39 is 5.91 Å². The molecule has 0 fully saturated rings. The third-order valence-corrected chi connectivity index (χ3v) is 4.94. The SMILES string of the molecule is N#C/C(=C\c1ccc(OCc2ccccc2)c(Br)c1)C(=O)Nc1ccccc1Cl. The molecule has 4 nitrogen and oxygen atoms in total. The summed E-state index contributed by atoms with van der Waals surface area (Å²) in [6, 6.07) is 24.0. The number of anilines is 1. The fourth-order valence-corrected chi connectivity index (χ4v) is 3.22. The molecule has 3 aromatic rings. The first-order valence-corrected chi connectivity index (χ1v) is 9.88. The number of para-hydroxylation sites is 1. The van der Waals surface area contributed by atoms with Gasteiger partial charge < -0.3 is 10.1 Å². The molecule has 29 heavy (non-hydrogen) atoms. The molecule has 0 aromatic heterocycles. The van der Waals surface area contributed by atoms with Gasteiger partial charge in [-0.15, -0.1) is 0 Å². The van der Waals surface area contributed by atoms with Crippen LogP contribution in [-0.2, 0) is 11.4 Å². The molecule has 3 aromatic carbocycles. The fourth-order valence-electron chi connectivity index (χ4n) is 2.53. The molecule has 0 spiro atoms. The van der Waals surface area contributed by atoms with E-state index in [0.717, 1.165) is 10.0 Å². The predicted molar refractivity (Wildman–Crippen MR) is 119 cm³/mol. The number of carbonyl (C=O) groups is 1. The molecule has 0 radical (unpaired) electrons. The summed E-state index contributed by atoms with van der Waals surface area (Å²) < 4.78 is 6.55. The van der Waals surface area contributed by atoms with Crippen LogP contribution in [0.2, 0.25) is 5.02 Å². The number of benzene rings is 3. The molecule has 1 N–H and O–H groups in total. The van der Waals surface area contributed by atoms with Gasteiger partial charge in [-0.05, 0) is 57.4 Å². The summed E-state index contributed by atoms with van der Waals surface area (Å²) in [5, 5.41) is 12.4. The summed E-state index contributed by atoms with van der Waals surface area (Å²) in [7, 11) is 0. The van der Waals surface area contributed by atoms with E-state index >= 15 is 0 Å². The summed E-state index contributed by atoms with van der Waals surface area (Å²) in [6.45, 7) is 0.443. The Morgan fingerprint density at radius 3 is 2.52 bits per heavy atom. The number of hydrogen-bond acceptors (Lipinski definition) is 3. The van der Waals surface area contributed by atoms with Gasteiger partial charge in [0.25, 0.3) is 5.91 Å². The summed E-state index contributed by atoms with van der Waals surface area (Å²) in [5.74, 6) is 0.145. The zero-order valence-corrected chi connectivity index (χ0v) is 17.6. The fraction of sp³-hybridized carbons (Fsp3) is 0.0435. The normalized spacial score (nSPS) is 10.9. The van der Waals surface area contributed by atoms with Crippen molar-refractivity contribution >= 4 is 45.2 Å². The van der Waals surface area contributed by atoms with Crippen LogP contribution in [0.1, 0.15) is 11.1 Å². The first kappa shape index (κ1) is 20.7. The molecule has 0 bridgehead atoms. The molecule has 0 atom stereocenters. The van der Waals surface area contributed by atoms with E-state index in [9.17, 15) is 10.1 Å². The molecule has 0 heterocycles. The number of rotatable bonds is 6. The van der Waals surface area contributed by atoms with E-state index in [1.807, 2.05) is 36.4 Å². The summed E-state index contributed by atoms with van der Waals surface area (Å²) in [5.41, 5.74) is 2.17. The molecule has 3 rings (SSSR count). The van der Waals surface area contributed by atoms with Crippen LogP contribution >= 0.6 is 27.5 Å². The van der Waals surface area contributed by atoms with E-state index in [1.165, 1.54) is 6.08 Å². The van der Waals surface area contributed by atoms with Crippen LogP contribution in [0.5, 0.6) is 5.75 Å². The van der Waals surface area contributed by atoms with Crippen molar-refractivity contribution in [1.82, 2.24) is 0 Å².